The zero-order valence-electron chi connectivity index (χ0n) is 17.0. The summed E-state index contributed by atoms with van der Waals surface area (Å²) >= 11 is 0. The second-order valence-corrected chi connectivity index (χ2v) is 7.89. The van der Waals surface area contributed by atoms with E-state index in [-0.39, 0.29) is 0 Å². The molecule has 1 aromatic carbocycles. The van der Waals surface area contributed by atoms with Gasteiger partial charge in [-0.3, -0.25) is 9.67 Å². The first kappa shape index (κ1) is 18.6. The summed E-state index contributed by atoms with van der Waals surface area (Å²) in [4.78, 5) is 7.88. The van der Waals surface area contributed by atoms with Crippen LogP contribution in [0.4, 0.5) is 0 Å². The molecule has 4 rings (SSSR count). The molecule has 1 atom stereocenters. The predicted octanol–water partition coefficient (Wildman–Crippen LogP) is 3.21. The van der Waals surface area contributed by atoms with E-state index in [4.69, 9.17) is 5.10 Å². The van der Waals surface area contributed by atoms with Crippen molar-refractivity contribution in [3.05, 3.63) is 53.5 Å². The van der Waals surface area contributed by atoms with Gasteiger partial charge in [-0.05, 0) is 49.8 Å². The van der Waals surface area contributed by atoms with Gasteiger partial charge in [0.25, 0.3) is 0 Å². The lowest BCUT2D eigenvalue weighted by atomic mass is 9.94. The molecule has 1 aliphatic rings. The number of fused-ring (bicyclic) bond motifs is 2. The summed E-state index contributed by atoms with van der Waals surface area (Å²) < 4.78 is 2.08. The van der Waals surface area contributed by atoms with E-state index in [9.17, 15) is 0 Å². The summed E-state index contributed by atoms with van der Waals surface area (Å²) in [6.45, 7) is 5.19. The van der Waals surface area contributed by atoms with Crippen LogP contribution in [0.5, 0.6) is 0 Å². The Morgan fingerprint density at radius 2 is 2.21 bits per heavy atom. The number of benzene rings is 1. The molecule has 0 saturated carbocycles. The van der Waals surface area contributed by atoms with Crippen molar-refractivity contribution in [3.8, 4) is 0 Å². The number of aromatic nitrogens is 3. The average Bonchev–Trinajstić information content (AvgIpc) is 3.30. The maximum atomic E-state index is 4.77. The van der Waals surface area contributed by atoms with Crippen LogP contribution in [0.15, 0.2) is 41.5 Å². The number of H-pyrrole nitrogens is 1. The average molecular weight is 379 g/mol. The molecule has 6 nitrogen and oxygen atoms in total. The Balaban J connectivity index is 1.30. The molecule has 2 heterocycles. The highest BCUT2D eigenvalue weighted by Crippen LogP contribution is 2.21. The Morgan fingerprint density at radius 3 is 3.00 bits per heavy atom. The zero-order valence-corrected chi connectivity index (χ0v) is 17.0. The molecule has 3 N–H and O–H groups in total. The van der Waals surface area contributed by atoms with E-state index in [1.165, 1.54) is 27.9 Å². The quantitative estimate of drug-likeness (QED) is 0.472. The Kier molecular flexibility index (Phi) is 5.37. The van der Waals surface area contributed by atoms with E-state index in [1.807, 2.05) is 7.05 Å². The molecule has 0 amide bonds. The molecule has 0 bridgehead atoms. The summed E-state index contributed by atoms with van der Waals surface area (Å²) in [6, 6.07) is 11.4. The van der Waals surface area contributed by atoms with Crippen molar-refractivity contribution in [2.75, 3.05) is 13.6 Å². The molecule has 0 radical (unpaired) electrons. The third kappa shape index (κ3) is 4.06. The fraction of sp³-hybridized carbons (Fsp3) is 0.455. The third-order valence-electron chi connectivity index (χ3n) is 5.46. The van der Waals surface area contributed by atoms with Crippen LogP contribution in [-0.4, -0.2) is 40.4 Å². The number of aromatic amines is 1. The van der Waals surface area contributed by atoms with Crippen molar-refractivity contribution in [1.82, 2.24) is 25.4 Å². The van der Waals surface area contributed by atoms with Crippen LogP contribution in [0.3, 0.4) is 0 Å². The molecule has 1 aliphatic carbocycles. The molecule has 3 aromatic rings. The first-order valence-electron chi connectivity index (χ1n) is 10.2. The highest BCUT2D eigenvalue weighted by Gasteiger charge is 2.22. The van der Waals surface area contributed by atoms with Crippen LogP contribution in [0, 0.1) is 0 Å². The number of nitrogens with one attached hydrogen (secondary N) is 3. The van der Waals surface area contributed by atoms with Crippen LogP contribution < -0.4 is 10.6 Å². The largest absolute Gasteiger partial charge is 0.358 e. The number of hydrogen-bond acceptors (Lipinski definition) is 2. The maximum Gasteiger partial charge on any atom is 0.191 e. The fourth-order valence-corrected chi connectivity index (χ4v) is 3.87. The molecule has 2 aromatic heterocycles. The number of aliphatic imine (C=N–C) groups is 1. The van der Waals surface area contributed by atoms with Gasteiger partial charge in [-0.15, -0.1) is 0 Å². The summed E-state index contributed by atoms with van der Waals surface area (Å²) in [7, 11) is 1.83. The molecular formula is C22H30N6. The van der Waals surface area contributed by atoms with E-state index in [2.05, 4.69) is 75.7 Å². The standard InChI is InChI=1S/C22H30N6/c1-15(2)28-14-17-8-9-18(13-21(17)27-28)26-22(23-3)24-11-10-19-12-16-6-4-5-7-20(16)25-19/h4-7,12,14-15,18,25H,8-11,13H2,1-3H3,(H2,23,24,26). The molecule has 0 fully saturated rings. The van der Waals surface area contributed by atoms with Gasteiger partial charge in [0.05, 0.1) is 5.69 Å². The lowest BCUT2D eigenvalue weighted by Crippen LogP contribution is -2.46. The van der Waals surface area contributed by atoms with E-state index in [1.54, 1.807) is 0 Å². The van der Waals surface area contributed by atoms with Crippen molar-refractivity contribution in [2.24, 2.45) is 4.99 Å². The summed E-state index contributed by atoms with van der Waals surface area (Å²) in [5.41, 5.74) is 5.06. The smallest absolute Gasteiger partial charge is 0.191 e. The topological polar surface area (TPSA) is 70.0 Å². The Hall–Kier alpha value is -2.76. The third-order valence-corrected chi connectivity index (χ3v) is 5.46. The first-order chi connectivity index (χ1) is 13.6. The van der Waals surface area contributed by atoms with Gasteiger partial charge in [0, 0.05) is 55.9 Å². The second-order valence-electron chi connectivity index (χ2n) is 7.89. The predicted molar refractivity (Wildman–Crippen MR) is 115 cm³/mol. The van der Waals surface area contributed by atoms with Crippen LogP contribution in [0.25, 0.3) is 10.9 Å². The number of rotatable bonds is 5. The molecule has 0 aliphatic heterocycles. The van der Waals surface area contributed by atoms with E-state index < -0.39 is 0 Å². The van der Waals surface area contributed by atoms with Crippen molar-refractivity contribution >= 4 is 16.9 Å². The van der Waals surface area contributed by atoms with Crippen LogP contribution >= 0.6 is 0 Å². The minimum Gasteiger partial charge on any atom is -0.358 e. The van der Waals surface area contributed by atoms with E-state index >= 15 is 0 Å². The molecule has 6 heteroatoms. The zero-order chi connectivity index (χ0) is 19.5. The molecule has 1 unspecified atom stereocenters. The Morgan fingerprint density at radius 1 is 1.36 bits per heavy atom. The molecular weight excluding hydrogens is 348 g/mol. The normalized spacial score (nSPS) is 17.1. The van der Waals surface area contributed by atoms with E-state index in [0.29, 0.717) is 12.1 Å². The van der Waals surface area contributed by atoms with Gasteiger partial charge in [0.15, 0.2) is 5.96 Å². The van der Waals surface area contributed by atoms with Crippen LogP contribution in [0.1, 0.15) is 43.3 Å². The van der Waals surface area contributed by atoms with Crippen molar-refractivity contribution in [2.45, 2.75) is 51.6 Å². The van der Waals surface area contributed by atoms with Gasteiger partial charge in [-0.2, -0.15) is 5.10 Å². The van der Waals surface area contributed by atoms with Gasteiger partial charge in [-0.1, -0.05) is 18.2 Å². The fourth-order valence-electron chi connectivity index (χ4n) is 3.87. The lowest BCUT2D eigenvalue weighted by molar-refractivity contribution is 0.499. The highest BCUT2D eigenvalue weighted by molar-refractivity contribution is 5.81. The van der Waals surface area contributed by atoms with Gasteiger partial charge >= 0.3 is 0 Å². The monoisotopic (exact) mass is 378 g/mol. The van der Waals surface area contributed by atoms with Gasteiger partial charge in [0.1, 0.15) is 0 Å². The lowest BCUT2D eigenvalue weighted by Gasteiger charge is -2.24. The van der Waals surface area contributed by atoms with Gasteiger partial charge in [-0.25, -0.2) is 0 Å². The number of nitrogens with zero attached hydrogens (tertiary/aromatic N) is 3. The molecule has 148 valence electrons. The molecule has 0 saturated heterocycles. The molecule has 0 spiro atoms. The maximum absolute atomic E-state index is 4.77. The van der Waals surface area contributed by atoms with Gasteiger partial charge < -0.3 is 15.6 Å². The minimum absolute atomic E-state index is 0.377. The Bertz CT molecular complexity index is 931. The number of para-hydroxylation sites is 1. The van der Waals surface area contributed by atoms with Gasteiger partial charge in [0.2, 0.25) is 0 Å². The minimum atomic E-state index is 0.377. The molecule has 28 heavy (non-hydrogen) atoms. The SMILES string of the molecule is CN=C(NCCc1cc2ccccc2[nH]1)NC1CCc2cn(C(C)C)nc2C1. The van der Waals surface area contributed by atoms with Crippen LogP contribution in [-0.2, 0) is 19.3 Å². The van der Waals surface area contributed by atoms with Crippen molar-refractivity contribution in [3.63, 3.8) is 0 Å². The van der Waals surface area contributed by atoms with Crippen LogP contribution in [0.2, 0.25) is 0 Å². The van der Waals surface area contributed by atoms with E-state index in [0.717, 1.165) is 38.2 Å². The summed E-state index contributed by atoms with van der Waals surface area (Å²) in [5.74, 6) is 0.868. The number of hydrogen-bond donors (Lipinski definition) is 3. The summed E-state index contributed by atoms with van der Waals surface area (Å²) in [6.07, 6.45) is 6.29. The Labute approximate surface area is 166 Å². The number of aryl methyl sites for hydroxylation is 1. The summed E-state index contributed by atoms with van der Waals surface area (Å²) in [5, 5.41) is 13.1. The van der Waals surface area contributed by atoms with Crippen molar-refractivity contribution in [1.29, 1.82) is 0 Å². The second kappa shape index (κ2) is 8.09. The van der Waals surface area contributed by atoms with Crippen molar-refractivity contribution < 1.29 is 0 Å². The highest BCUT2D eigenvalue weighted by atomic mass is 15.3. The first-order valence-corrected chi connectivity index (χ1v) is 10.2. The number of guanidine groups is 1.